The number of nitro groups is 1. The van der Waals surface area contributed by atoms with Crippen molar-refractivity contribution < 1.29 is 19.2 Å². The van der Waals surface area contributed by atoms with E-state index in [0.717, 1.165) is 0 Å². The summed E-state index contributed by atoms with van der Waals surface area (Å²) in [7, 11) is 1.54. The lowest BCUT2D eigenvalue weighted by atomic mass is 10.1. The number of alkyl halides is 1. The van der Waals surface area contributed by atoms with Crippen molar-refractivity contribution in [1.29, 1.82) is 0 Å². The number of hydrogen-bond donors (Lipinski definition) is 0. The van der Waals surface area contributed by atoms with Crippen molar-refractivity contribution in [3.8, 4) is 5.75 Å². The number of rotatable bonds is 7. The van der Waals surface area contributed by atoms with E-state index in [1.807, 2.05) is 13.8 Å². The number of amides is 1. The molecular formula is C18H27BrN2O5. The Morgan fingerprint density at radius 1 is 1.27 bits per heavy atom. The number of hydrogen-bond acceptors (Lipinski definition) is 5. The van der Waals surface area contributed by atoms with Crippen LogP contribution >= 0.6 is 15.9 Å². The largest absolute Gasteiger partial charge is 0.487 e. The van der Waals surface area contributed by atoms with E-state index >= 15 is 0 Å². The quantitative estimate of drug-likeness (QED) is 0.348. The predicted molar refractivity (Wildman–Crippen MR) is 104 cm³/mol. The first kappa shape index (κ1) is 22.2. The highest BCUT2D eigenvalue weighted by Crippen LogP contribution is 2.32. The molecule has 0 unspecified atom stereocenters. The zero-order valence-electron chi connectivity index (χ0n) is 16.2. The SMILES string of the molecule is CN(Cc1cccc(OCCC(C)(C)Br)c1[N+](=O)[O-])C(=O)OC(C)(C)C. The maximum atomic E-state index is 12.1. The van der Waals surface area contributed by atoms with Crippen molar-refractivity contribution in [2.45, 2.75) is 57.5 Å². The molecule has 26 heavy (non-hydrogen) atoms. The minimum Gasteiger partial charge on any atom is -0.487 e. The second-order valence-electron chi connectivity index (χ2n) is 7.67. The van der Waals surface area contributed by atoms with Crippen LogP contribution in [0.5, 0.6) is 5.75 Å². The molecule has 0 aromatic heterocycles. The summed E-state index contributed by atoms with van der Waals surface area (Å²) in [6.45, 7) is 9.67. The molecule has 1 rings (SSSR count). The van der Waals surface area contributed by atoms with Gasteiger partial charge in [-0.2, -0.15) is 0 Å². The van der Waals surface area contributed by atoms with Gasteiger partial charge in [-0.25, -0.2) is 4.79 Å². The molecule has 0 spiro atoms. The van der Waals surface area contributed by atoms with Gasteiger partial charge < -0.3 is 14.4 Å². The third-order valence-corrected chi connectivity index (χ3v) is 3.73. The Balaban J connectivity index is 2.96. The molecule has 0 saturated carbocycles. The Labute approximate surface area is 162 Å². The predicted octanol–water partition coefficient (Wildman–Crippen LogP) is 4.90. The second kappa shape index (κ2) is 8.70. The molecule has 1 aromatic carbocycles. The number of carbonyl (C=O) groups excluding carboxylic acids is 1. The lowest BCUT2D eigenvalue weighted by Crippen LogP contribution is -2.34. The number of para-hydroxylation sites is 1. The van der Waals surface area contributed by atoms with E-state index in [9.17, 15) is 14.9 Å². The van der Waals surface area contributed by atoms with Crippen LogP contribution < -0.4 is 4.74 Å². The summed E-state index contributed by atoms with van der Waals surface area (Å²) in [6, 6.07) is 4.86. The molecule has 1 amide bonds. The maximum Gasteiger partial charge on any atom is 0.410 e. The molecule has 0 N–H and O–H groups in total. The fraction of sp³-hybridized carbons (Fsp3) is 0.611. The van der Waals surface area contributed by atoms with Crippen LogP contribution in [0.25, 0.3) is 0 Å². The number of nitro benzene ring substituents is 1. The van der Waals surface area contributed by atoms with Gasteiger partial charge in [-0.3, -0.25) is 10.1 Å². The fourth-order valence-corrected chi connectivity index (χ4v) is 2.24. The van der Waals surface area contributed by atoms with Crippen molar-refractivity contribution in [2.75, 3.05) is 13.7 Å². The lowest BCUT2D eigenvalue weighted by molar-refractivity contribution is -0.386. The molecular weight excluding hydrogens is 404 g/mol. The summed E-state index contributed by atoms with van der Waals surface area (Å²) in [5.74, 6) is 0.196. The van der Waals surface area contributed by atoms with E-state index in [1.165, 1.54) is 4.90 Å². The van der Waals surface area contributed by atoms with Gasteiger partial charge in [0.15, 0.2) is 5.75 Å². The van der Waals surface area contributed by atoms with Gasteiger partial charge in [-0.05, 0) is 47.1 Å². The van der Waals surface area contributed by atoms with Gasteiger partial charge in [0.25, 0.3) is 0 Å². The number of nitrogens with zero attached hydrogens (tertiary/aromatic N) is 2. The molecule has 7 nitrogen and oxygen atoms in total. The van der Waals surface area contributed by atoms with Crippen LogP contribution in [-0.4, -0.2) is 39.5 Å². The van der Waals surface area contributed by atoms with Crippen molar-refractivity contribution in [1.82, 2.24) is 4.90 Å². The molecule has 8 heteroatoms. The van der Waals surface area contributed by atoms with Crippen LogP contribution in [0.2, 0.25) is 0 Å². The average molecular weight is 431 g/mol. The first-order valence-electron chi connectivity index (χ1n) is 8.32. The Hall–Kier alpha value is -1.83. The average Bonchev–Trinajstić information content (AvgIpc) is 2.43. The standard InChI is InChI=1S/C18H27BrN2O5/c1-17(2,3)26-16(22)20(6)12-13-8-7-9-14(15(13)21(23)24)25-11-10-18(4,5)19/h7-9H,10-12H2,1-6H3. The van der Waals surface area contributed by atoms with Gasteiger partial charge in [-0.1, -0.05) is 28.1 Å². The van der Waals surface area contributed by atoms with Gasteiger partial charge in [0, 0.05) is 11.4 Å². The zero-order valence-corrected chi connectivity index (χ0v) is 17.8. The Morgan fingerprint density at radius 3 is 2.38 bits per heavy atom. The van der Waals surface area contributed by atoms with Gasteiger partial charge in [0.2, 0.25) is 0 Å². The van der Waals surface area contributed by atoms with Crippen molar-refractivity contribution in [3.05, 3.63) is 33.9 Å². The molecule has 0 fully saturated rings. The monoisotopic (exact) mass is 430 g/mol. The van der Waals surface area contributed by atoms with Crippen molar-refractivity contribution >= 4 is 27.7 Å². The summed E-state index contributed by atoms with van der Waals surface area (Å²) >= 11 is 3.51. The van der Waals surface area contributed by atoms with E-state index in [-0.39, 0.29) is 22.3 Å². The summed E-state index contributed by atoms with van der Waals surface area (Å²) in [5, 5.41) is 11.6. The van der Waals surface area contributed by atoms with E-state index in [4.69, 9.17) is 9.47 Å². The summed E-state index contributed by atoms with van der Waals surface area (Å²) in [4.78, 5) is 24.5. The van der Waals surface area contributed by atoms with E-state index in [2.05, 4.69) is 15.9 Å². The normalized spacial score (nSPS) is 11.8. The number of halogens is 1. The third kappa shape index (κ3) is 7.59. The molecule has 1 aromatic rings. The highest BCUT2D eigenvalue weighted by atomic mass is 79.9. The minimum atomic E-state index is -0.634. The van der Waals surface area contributed by atoms with Crippen molar-refractivity contribution in [2.24, 2.45) is 0 Å². The smallest absolute Gasteiger partial charge is 0.410 e. The minimum absolute atomic E-state index is 0.0480. The van der Waals surface area contributed by atoms with Crippen molar-refractivity contribution in [3.63, 3.8) is 0 Å². The highest BCUT2D eigenvalue weighted by Gasteiger charge is 2.25. The van der Waals surface area contributed by atoms with Gasteiger partial charge in [0.05, 0.1) is 23.6 Å². The molecule has 146 valence electrons. The molecule has 0 aliphatic carbocycles. The summed E-state index contributed by atoms with van der Waals surface area (Å²) in [6.07, 6.45) is 0.144. The van der Waals surface area contributed by atoms with Gasteiger partial charge in [-0.15, -0.1) is 0 Å². The van der Waals surface area contributed by atoms with Gasteiger partial charge >= 0.3 is 11.8 Å². The number of carbonyl (C=O) groups is 1. The maximum absolute atomic E-state index is 12.1. The molecule has 0 atom stereocenters. The molecule has 0 saturated heterocycles. The molecule has 0 aliphatic rings. The van der Waals surface area contributed by atoms with E-state index < -0.39 is 16.6 Å². The lowest BCUT2D eigenvalue weighted by Gasteiger charge is -2.24. The van der Waals surface area contributed by atoms with Gasteiger partial charge in [0.1, 0.15) is 5.60 Å². The van der Waals surface area contributed by atoms with E-state index in [1.54, 1.807) is 46.0 Å². The molecule has 0 radical (unpaired) electrons. The van der Waals surface area contributed by atoms with Crippen LogP contribution in [0.3, 0.4) is 0 Å². The zero-order chi connectivity index (χ0) is 20.1. The van der Waals surface area contributed by atoms with Crippen LogP contribution in [0, 0.1) is 10.1 Å². The fourth-order valence-electron chi connectivity index (χ4n) is 2.08. The summed E-state index contributed by atoms with van der Waals surface area (Å²) < 4.78 is 10.8. The molecule has 0 bridgehead atoms. The highest BCUT2D eigenvalue weighted by molar-refractivity contribution is 9.10. The number of ether oxygens (including phenoxy) is 2. The first-order valence-corrected chi connectivity index (χ1v) is 9.11. The summed E-state index contributed by atoms with van der Waals surface area (Å²) in [5.41, 5.74) is -0.376. The Morgan fingerprint density at radius 2 is 1.88 bits per heavy atom. The topological polar surface area (TPSA) is 81.9 Å². The van der Waals surface area contributed by atoms with Crippen LogP contribution in [0.1, 0.15) is 46.6 Å². The first-order chi connectivity index (χ1) is 11.8. The second-order valence-corrected chi connectivity index (χ2v) is 9.82. The Kier molecular flexibility index (Phi) is 7.44. The van der Waals surface area contributed by atoms with Crippen LogP contribution in [0.15, 0.2) is 18.2 Å². The number of benzene rings is 1. The van der Waals surface area contributed by atoms with Crippen LogP contribution in [-0.2, 0) is 11.3 Å². The van der Waals surface area contributed by atoms with Crippen LogP contribution in [0.4, 0.5) is 10.5 Å². The Bertz CT molecular complexity index is 650. The third-order valence-electron chi connectivity index (χ3n) is 3.33. The molecule has 0 aliphatic heterocycles. The molecule has 0 heterocycles. The van der Waals surface area contributed by atoms with E-state index in [0.29, 0.717) is 18.6 Å².